The van der Waals surface area contributed by atoms with Crippen LogP contribution in [0.4, 0.5) is 0 Å². The predicted molar refractivity (Wildman–Crippen MR) is 98.5 cm³/mol. The molecular formula is C20H28N2O2. The van der Waals surface area contributed by atoms with Crippen LogP contribution in [0, 0.1) is 0 Å². The standard InChI is InChI=1S/C20H28N2O2/c1-16(18-10-11-19(23)20(14-18)24-3)21-12-7-13-22(2)15-17-8-5-4-6-9-17/h4-6,8-11,14,16,21,23H,7,12-13,15H2,1-3H3. The van der Waals surface area contributed by atoms with E-state index in [1.165, 1.54) is 5.56 Å². The van der Waals surface area contributed by atoms with Gasteiger partial charge in [0.2, 0.25) is 0 Å². The molecule has 0 saturated carbocycles. The van der Waals surface area contributed by atoms with E-state index in [0.717, 1.165) is 31.6 Å². The van der Waals surface area contributed by atoms with Crippen molar-refractivity contribution in [1.82, 2.24) is 10.2 Å². The van der Waals surface area contributed by atoms with Gasteiger partial charge in [-0.25, -0.2) is 0 Å². The molecule has 0 amide bonds. The minimum atomic E-state index is 0.177. The third kappa shape index (κ3) is 5.55. The normalized spacial score (nSPS) is 12.3. The second-order valence-electron chi connectivity index (χ2n) is 6.18. The maximum atomic E-state index is 9.66. The average molecular weight is 328 g/mol. The summed E-state index contributed by atoms with van der Waals surface area (Å²) in [6.45, 7) is 5.10. The maximum Gasteiger partial charge on any atom is 0.160 e. The van der Waals surface area contributed by atoms with Gasteiger partial charge in [-0.1, -0.05) is 36.4 Å². The van der Waals surface area contributed by atoms with Crippen molar-refractivity contribution in [2.75, 3.05) is 27.2 Å². The first-order chi connectivity index (χ1) is 11.6. The van der Waals surface area contributed by atoms with Gasteiger partial charge in [-0.05, 0) is 56.7 Å². The summed E-state index contributed by atoms with van der Waals surface area (Å²) in [6.07, 6.45) is 1.09. The van der Waals surface area contributed by atoms with Crippen molar-refractivity contribution in [3.05, 3.63) is 59.7 Å². The molecule has 2 aromatic carbocycles. The van der Waals surface area contributed by atoms with Crippen LogP contribution in [0.15, 0.2) is 48.5 Å². The van der Waals surface area contributed by atoms with Crippen LogP contribution in [0.5, 0.6) is 11.5 Å². The predicted octanol–water partition coefficient (Wildman–Crippen LogP) is 3.57. The van der Waals surface area contributed by atoms with Gasteiger partial charge in [0.25, 0.3) is 0 Å². The molecule has 0 saturated heterocycles. The molecule has 4 nitrogen and oxygen atoms in total. The third-order valence-corrected chi connectivity index (χ3v) is 4.17. The van der Waals surface area contributed by atoms with Crippen LogP contribution in [0.2, 0.25) is 0 Å². The molecule has 0 aliphatic carbocycles. The highest BCUT2D eigenvalue weighted by atomic mass is 16.5. The van der Waals surface area contributed by atoms with Crippen molar-refractivity contribution in [3.8, 4) is 11.5 Å². The Labute approximate surface area is 145 Å². The van der Waals surface area contributed by atoms with Gasteiger partial charge in [0, 0.05) is 12.6 Å². The van der Waals surface area contributed by atoms with Crippen LogP contribution in [0.25, 0.3) is 0 Å². The number of methoxy groups -OCH3 is 1. The highest BCUT2D eigenvalue weighted by Crippen LogP contribution is 2.28. The number of hydrogen-bond donors (Lipinski definition) is 2. The topological polar surface area (TPSA) is 44.7 Å². The maximum absolute atomic E-state index is 9.66. The van der Waals surface area contributed by atoms with E-state index in [1.54, 1.807) is 13.2 Å². The van der Waals surface area contributed by atoms with E-state index in [0.29, 0.717) is 5.75 Å². The lowest BCUT2D eigenvalue weighted by Gasteiger charge is -2.19. The molecule has 0 aliphatic rings. The van der Waals surface area contributed by atoms with Gasteiger partial charge in [0.05, 0.1) is 7.11 Å². The Morgan fingerprint density at radius 3 is 2.62 bits per heavy atom. The van der Waals surface area contributed by atoms with Crippen LogP contribution in [-0.2, 0) is 6.54 Å². The van der Waals surface area contributed by atoms with E-state index in [9.17, 15) is 5.11 Å². The number of phenols is 1. The Kier molecular flexibility index (Phi) is 7.09. The zero-order valence-corrected chi connectivity index (χ0v) is 14.8. The van der Waals surface area contributed by atoms with Gasteiger partial charge in [0.1, 0.15) is 0 Å². The second kappa shape index (κ2) is 9.30. The van der Waals surface area contributed by atoms with Crippen molar-refractivity contribution in [2.45, 2.75) is 25.9 Å². The van der Waals surface area contributed by atoms with Crippen molar-refractivity contribution in [2.24, 2.45) is 0 Å². The molecule has 0 heterocycles. The summed E-state index contributed by atoms with van der Waals surface area (Å²) in [5.74, 6) is 0.694. The number of nitrogens with zero attached hydrogens (tertiary/aromatic N) is 1. The quantitative estimate of drug-likeness (QED) is 0.691. The summed E-state index contributed by atoms with van der Waals surface area (Å²) < 4.78 is 5.17. The van der Waals surface area contributed by atoms with Gasteiger partial charge in [-0.15, -0.1) is 0 Å². The highest BCUT2D eigenvalue weighted by molar-refractivity contribution is 5.42. The summed E-state index contributed by atoms with van der Waals surface area (Å²) in [5.41, 5.74) is 2.46. The fourth-order valence-corrected chi connectivity index (χ4v) is 2.72. The van der Waals surface area contributed by atoms with Crippen LogP contribution >= 0.6 is 0 Å². The summed E-state index contributed by atoms with van der Waals surface area (Å²) in [7, 11) is 3.72. The van der Waals surface area contributed by atoms with Crippen molar-refractivity contribution in [1.29, 1.82) is 0 Å². The van der Waals surface area contributed by atoms with E-state index in [1.807, 2.05) is 18.2 Å². The molecule has 4 heteroatoms. The van der Waals surface area contributed by atoms with E-state index in [2.05, 4.69) is 48.5 Å². The average Bonchev–Trinajstić information content (AvgIpc) is 2.60. The lowest BCUT2D eigenvalue weighted by Crippen LogP contribution is -2.25. The lowest BCUT2D eigenvalue weighted by molar-refractivity contribution is 0.317. The summed E-state index contributed by atoms with van der Waals surface area (Å²) in [5, 5.41) is 13.2. The fraction of sp³-hybridized carbons (Fsp3) is 0.400. The van der Waals surface area contributed by atoms with Gasteiger partial charge < -0.3 is 20.1 Å². The molecule has 0 spiro atoms. The van der Waals surface area contributed by atoms with Gasteiger partial charge >= 0.3 is 0 Å². The molecule has 0 aromatic heterocycles. The minimum absolute atomic E-state index is 0.177. The van der Waals surface area contributed by atoms with Crippen molar-refractivity contribution in [3.63, 3.8) is 0 Å². The summed E-state index contributed by atoms with van der Waals surface area (Å²) >= 11 is 0. The first-order valence-corrected chi connectivity index (χ1v) is 8.43. The third-order valence-electron chi connectivity index (χ3n) is 4.17. The Morgan fingerprint density at radius 2 is 1.92 bits per heavy atom. The minimum Gasteiger partial charge on any atom is -0.504 e. The smallest absolute Gasteiger partial charge is 0.160 e. The SMILES string of the molecule is COc1cc(C(C)NCCCN(C)Cc2ccccc2)ccc1O. The molecule has 24 heavy (non-hydrogen) atoms. The molecule has 2 rings (SSSR count). The molecule has 2 N–H and O–H groups in total. The van der Waals surface area contributed by atoms with E-state index in [4.69, 9.17) is 4.74 Å². The molecule has 0 aliphatic heterocycles. The number of rotatable bonds is 9. The summed E-state index contributed by atoms with van der Waals surface area (Å²) in [6, 6.07) is 16.2. The molecule has 0 fully saturated rings. The number of benzene rings is 2. The van der Waals surface area contributed by atoms with Crippen LogP contribution < -0.4 is 10.1 Å². The number of phenolic OH excluding ortho intramolecular Hbond substituents is 1. The monoisotopic (exact) mass is 328 g/mol. The molecule has 130 valence electrons. The largest absolute Gasteiger partial charge is 0.504 e. The Morgan fingerprint density at radius 1 is 1.17 bits per heavy atom. The zero-order valence-electron chi connectivity index (χ0n) is 14.8. The Balaban J connectivity index is 1.71. The number of ether oxygens (including phenoxy) is 1. The lowest BCUT2D eigenvalue weighted by atomic mass is 10.1. The van der Waals surface area contributed by atoms with Crippen LogP contribution in [0.1, 0.15) is 30.5 Å². The van der Waals surface area contributed by atoms with Crippen LogP contribution in [0.3, 0.4) is 0 Å². The Hall–Kier alpha value is -2.04. The van der Waals surface area contributed by atoms with E-state index < -0.39 is 0 Å². The molecule has 2 aromatic rings. The number of hydrogen-bond acceptors (Lipinski definition) is 4. The molecular weight excluding hydrogens is 300 g/mol. The molecule has 0 radical (unpaired) electrons. The highest BCUT2D eigenvalue weighted by Gasteiger charge is 2.09. The first kappa shape index (κ1) is 18.3. The van der Waals surface area contributed by atoms with E-state index >= 15 is 0 Å². The molecule has 1 atom stereocenters. The number of nitrogens with one attached hydrogen (secondary N) is 1. The van der Waals surface area contributed by atoms with Crippen molar-refractivity contribution < 1.29 is 9.84 Å². The Bertz CT molecular complexity index is 616. The zero-order chi connectivity index (χ0) is 17.4. The van der Waals surface area contributed by atoms with Gasteiger partial charge in [-0.3, -0.25) is 0 Å². The second-order valence-corrected chi connectivity index (χ2v) is 6.18. The van der Waals surface area contributed by atoms with Gasteiger partial charge in [0.15, 0.2) is 11.5 Å². The first-order valence-electron chi connectivity index (χ1n) is 8.43. The number of aromatic hydroxyl groups is 1. The molecule has 1 unspecified atom stereocenters. The van der Waals surface area contributed by atoms with E-state index in [-0.39, 0.29) is 11.8 Å². The molecule has 0 bridgehead atoms. The van der Waals surface area contributed by atoms with Crippen molar-refractivity contribution >= 4 is 0 Å². The van der Waals surface area contributed by atoms with Crippen LogP contribution in [-0.4, -0.2) is 37.3 Å². The van der Waals surface area contributed by atoms with Gasteiger partial charge in [-0.2, -0.15) is 0 Å². The summed E-state index contributed by atoms with van der Waals surface area (Å²) in [4.78, 5) is 2.34. The fourth-order valence-electron chi connectivity index (χ4n) is 2.72.